The lowest BCUT2D eigenvalue weighted by molar-refractivity contribution is -0.387. The summed E-state index contributed by atoms with van der Waals surface area (Å²) < 4.78 is 26.5. The standard InChI is InChI=1S/C12H8N4O4S/c13-7-9-5-6-10(8-14-9)15-21(19,20)12-4-2-1-3-11(12)16(17)18/h1-6,8,15H. The Morgan fingerprint density at radius 1 is 1.24 bits per heavy atom. The van der Waals surface area contributed by atoms with E-state index in [2.05, 4.69) is 9.71 Å². The van der Waals surface area contributed by atoms with E-state index in [4.69, 9.17) is 5.26 Å². The van der Waals surface area contributed by atoms with Gasteiger partial charge in [0, 0.05) is 6.07 Å². The highest BCUT2D eigenvalue weighted by Gasteiger charge is 2.25. The number of benzene rings is 1. The number of rotatable bonds is 4. The number of nitro groups is 1. The van der Waals surface area contributed by atoms with Gasteiger partial charge in [0.1, 0.15) is 11.8 Å². The Morgan fingerprint density at radius 3 is 2.52 bits per heavy atom. The van der Waals surface area contributed by atoms with E-state index in [0.29, 0.717) is 0 Å². The predicted octanol–water partition coefficient (Wildman–Crippen LogP) is 1.66. The van der Waals surface area contributed by atoms with Gasteiger partial charge in [0.2, 0.25) is 0 Å². The van der Waals surface area contributed by atoms with Crippen molar-refractivity contribution in [3.8, 4) is 6.07 Å². The molecule has 21 heavy (non-hydrogen) atoms. The van der Waals surface area contributed by atoms with Crippen LogP contribution in [-0.4, -0.2) is 18.3 Å². The summed E-state index contributed by atoms with van der Waals surface area (Å²) in [5.74, 6) is 0. The van der Waals surface area contributed by atoms with Crippen LogP contribution in [0.1, 0.15) is 5.69 Å². The van der Waals surface area contributed by atoms with E-state index < -0.39 is 25.5 Å². The maximum absolute atomic E-state index is 12.2. The van der Waals surface area contributed by atoms with E-state index in [-0.39, 0.29) is 11.4 Å². The van der Waals surface area contributed by atoms with Crippen molar-refractivity contribution in [3.05, 3.63) is 58.4 Å². The maximum Gasteiger partial charge on any atom is 0.289 e. The maximum atomic E-state index is 12.2. The summed E-state index contributed by atoms with van der Waals surface area (Å²) in [6.07, 6.45) is 1.16. The minimum Gasteiger partial charge on any atom is -0.278 e. The van der Waals surface area contributed by atoms with Gasteiger partial charge in [-0.05, 0) is 18.2 Å². The van der Waals surface area contributed by atoms with Crippen LogP contribution in [0.15, 0.2) is 47.5 Å². The van der Waals surface area contributed by atoms with Gasteiger partial charge in [0.15, 0.2) is 4.90 Å². The first-order valence-electron chi connectivity index (χ1n) is 5.56. The van der Waals surface area contributed by atoms with Crippen molar-refractivity contribution < 1.29 is 13.3 Å². The molecule has 1 aromatic carbocycles. The van der Waals surface area contributed by atoms with E-state index in [0.717, 1.165) is 18.3 Å². The normalized spacial score (nSPS) is 10.6. The Balaban J connectivity index is 2.39. The van der Waals surface area contributed by atoms with Gasteiger partial charge in [-0.15, -0.1) is 0 Å². The topological polar surface area (TPSA) is 126 Å². The molecule has 8 nitrogen and oxygen atoms in total. The van der Waals surface area contributed by atoms with E-state index in [1.54, 1.807) is 6.07 Å². The van der Waals surface area contributed by atoms with Gasteiger partial charge >= 0.3 is 0 Å². The molecule has 0 radical (unpaired) electrons. The van der Waals surface area contributed by atoms with E-state index >= 15 is 0 Å². The molecule has 0 aliphatic heterocycles. The van der Waals surface area contributed by atoms with Crippen LogP contribution in [0.25, 0.3) is 0 Å². The minimum absolute atomic E-state index is 0.104. The molecule has 0 saturated heterocycles. The molecule has 0 bridgehead atoms. The molecule has 0 fully saturated rings. The molecule has 106 valence electrons. The summed E-state index contributed by atoms with van der Waals surface area (Å²) in [7, 11) is -4.12. The Morgan fingerprint density at radius 2 is 1.95 bits per heavy atom. The van der Waals surface area contributed by atoms with Gasteiger partial charge in [-0.1, -0.05) is 12.1 Å². The van der Waals surface area contributed by atoms with Crippen LogP contribution in [0.5, 0.6) is 0 Å². The summed E-state index contributed by atoms with van der Waals surface area (Å²) >= 11 is 0. The second kappa shape index (κ2) is 5.56. The summed E-state index contributed by atoms with van der Waals surface area (Å²) in [5.41, 5.74) is -0.289. The number of aromatic nitrogens is 1. The fraction of sp³-hybridized carbons (Fsp3) is 0. The Labute approximate surface area is 119 Å². The Bertz CT molecular complexity index is 825. The highest BCUT2D eigenvalue weighted by molar-refractivity contribution is 7.92. The molecular weight excluding hydrogens is 296 g/mol. The number of nitro benzene ring substituents is 1. The molecule has 2 rings (SSSR count). The molecule has 0 aliphatic carbocycles. The van der Waals surface area contributed by atoms with Crippen LogP contribution in [0, 0.1) is 21.4 Å². The number of para-hydroxylation sites is 1. The molecule has 0 unspecified atom stereocenters. The number of hydrogen-bond donors (Lipinski definition) is 1. The minimum atomic E-state index is -4.12. The summed E-state index contributed by atoms with van der Waals surface area (Å²) in [5, 5.41) is 19.5. The van der Waals surface area contributed by atoms with Gasteiger partial charge in [-0.2, -0.15) is 5.26 Å². The smallest absolute Gasteiger partial charge is 0.278 e. The van der Waals surface area contributed by atoms with E-state index in [1.807, 2.05) is 0 Å². The van der Waals surface area contributed by atoms with Crippen molar-refractivity contribution in [1.82, 2.24) is 4.98 Å². The van der Waals surface area contributed by atoms with Crippen molar-refractivity contribution in [2.45, 2.75) is 4.90 Å². The van der Waals surface area contributed by atoms with Gasteiger partial charge in [0.25, 0.3) is 15.7 Å². The molecule has 0 spiro atoms. The largest absolute Gasteiger partial charge is 0.289 e. The molecule has 1 heterocycles. The third-order valence-electron chi connectivity index (χ3n) is 2.48. The van der Waals surface area contributed by atoms with Crippen molar-refractivity contribution in [2.24, 2.45) is 0 Å². The van der Waals surface area contributed by atoms with Crippen LogP contribution in [0.2, 0.25) is 0 Å². The molecule has 2 aromatic rings. The van der Waals surface area contributed by atoms with Crippen molar-refractivity contribution >= 4 is 21.4 Å². The number of sulfonamides is 1. The first kappa shape index (κ1) is 14.4. The van der Waals surface area contributed by atoms with Gasteiger partial charge in [-0.3, -0.25) is 14.8 Å². The highest BCUT2D eigenvalue weighted by Crippen LogP contribution is 2.24. The summed E-state index contributed by atoms with van der Waals surface area (Å²) in [6.45, 7) is 0. The van der Waals surface area contributed by atoms with Crippen LogP contribution >= 0.6 is 0 Å². The number of anilines is 1. The zero-order chi connectivity index (χ0) is 15.5. The first-order chi connectivity index (χ1) is 9.94. The van der Waals surface area contributed by atoms with Crippen molar-refractivity contribution in [3.63, 3.8) is 0 Å². The van der Waals surface area contributed by atoms with Crippen LogP contribution in [0.3, 0.4) is 0 Å². The van der Waals surface area contributed by atoms with Gasteiger partial charge in [0.05, 0.1) is 16.8 Å². The average molecular weight is 304 g/mol. The molecule has 0 atom stereocenters. The Kier molecular flexibility index (Phi) is 3.82. The number of hydrogen-bond acceptors (Lipinski definition) is 6. The van der Waals surface area contributed by atoms with Crippen LogP contribution in [-0.2, 0) is 10.0 Å². The molecule has 1 aromatic heterocycles. The van der Waals surface area contributed by atoms with Crippen molar-refractivity contribution in [1.29, 1.82) is 5.26 Å². The SMILES string of the molecule is N#Cc1ccc(NS(=O)(=O)c2ccccc2[N+](=O)[O-])cn1. The lowest BCUT2D eigenvalue weighted by Gasteiger charge is -2.07. The lowest BCUT2D eigenvalue weighted by Crippen LogP contribution is -2.14. The fourth-order valence-electron chi connectivity index (χ4n) is 1.57. The van der Waals surface area contributed by atoms with Crippen LogP contribution in [0.4, 0.5) is 11.4 Å². The Hall–Kier alpha value is -2.99. The zero-order valence-corrected chi connectivity index (χ0v) is 11.2. The average Bonchev–Trinajstić information content (AvgIpc) is 2.47. The number of nitrogens with zero attached hydrogens (tertiary/aromatic N) is 3. The molecular formula is C12H8N4O4S. The monoisotopic (exact) mass is 304 g/mol. The lowest BCUT2D eigenvalue weighted by atomic mass is 10.3. The number of nitriles is 1. The summed E-state index contributed by atoms with van der Waals surface area (Å²) in [4.78, 5) is 13.4. The second-order valence-electron chi connectivity index (χ2n) is 3.87. The molecule has 0 saturated carbocycles. The van der Waals surface area contributed by atoms with Gasteiger partial charge < -0.3 is 0 Å². The summed E-state index contributed by atoms with van der Waals surface area (Å²) in [6, 6.07) is 9.47. The number of pyridine rings is 1. The molecule has 0 amide bonds. The van der Waals surface area contributed by atoms with E-state index in [1.165, 1.54) is 24.3 Å². The molecule has 1 N–H and O–H groups in total. The third kappa shape index (κ3) is 3.13. The van der Waals surface area contributed by atoms with E-state index in [9.17, 15) is 18.5 Å². The zero-order valence-electron chi connectivity index (χ0n) is 10.4. The molecule has 9 heteroatoms. The third-order valence-corrected chi connectivity index (χ3v) is 3.91. The quantitative estimate of drug-likeness (QED) is 0.676. The van der Waals surface area contributed by atoms with Crippen molar-refractivity contribution in [2.75, 3.05) is 4.72 Å². The highest BCUT2D eigenvalue weighted by atomic mass is 32.2. The van der Waals surface area contributed by atoms with Crippen LogP contribution < -0.4 is 4.72 Å². The predicted molar refractivity (Wildman–Crippen MR) is 72.9 cm³/mol. The molecule has 0 aliphatic rings. The fourth-order valence-corrected chi connectivity index (χ4v) is 2.78. The first-order valence-corrected chi connectivity index (χ1v) is 7.05. The second-order valence-corrected chi connectivity index (χ2v) is 5.53. The number of nitrogens with one attached hydrogen (secondary N) is 1. The van der Waals surface area contributed by atoms with Gasteiger partial charge in [-0.25, -0.2) is 13.4 Å².